The molecule has 3 aromatic rings. The molecule has 0 unspecified atom stereocenters. The summed E-state index contributed by atoms with van der Waals surface area (Å²) < 4.78 is 1.88. The number of amides is 1. The van der Waals surface area contributed by atoms with Crippen molar-refractivity contribution in [3.8, 4) is 10.6 Å². The van der Waals surface area contributed by atoms with Crippen LogP contribution in [0.25, 0.3) is 10.6 Å². The average Bonchev–Trinajstić information content (AvgIpc) is 3.44. The van der Waals surface area contributed by atoms with Crippen molar-refractivity contribution in [1.82, 2.24) is 20.0 Å². The lowest BCUT2D eigenvalue weighted by Crippen LogP contribution is -2.44. The van der Waals surface area contributed by atoms with Gasteiger partial charge in [0.25, 0.3) is 5.91 Å². The highest BCUT2D eigenvalue weighted by molar-refractivity contribution is 7.13. The quantitative estimate of drug-likeness (QED) is 0.575. The number of aromatic nitrogens is 2. The van der Waals surface area contributed by atoms with Gasteiger partial charge in [0.05, 0.1) is 17.0 Å². The van der Waals surface area contributed by atoms with E-state index in [0.29, 0.717) is 12.1 Å². The number of benzene rings is 1. The molecule has 0 atom stereocenters. The molecule has 6 heteroatoms. The highest BCUT2D eigenvalue weighted by Gasteiger charge is 2.24. The Kier molecular flexibility index (Phi) is 6.97. The van der Waals surface area contributed by atoms with E-state index in [4.69, 9.17) is 5.10 Å². The van der Waals surface area contributed by atoms with Crippen LogP contribution in [0.3, 0.4) is 0 Å². The molecule has 158 valence electrons. The third kappa shape index (κ3) is 5.18. The second kappa shape index (κ2) is 10.0. The molecule has 1 N–H and O–H groups in total. The standard InChI is InChI=1S/C24H30N4OS/c1-2-3-13-27-14-11-20(12-15-27)25-24(29)21-18-28(17-19-8-5-4-6-9-19)26-23(21)22-10-7-16-30-22/h4-10,16,18,20H,2-3,11-15,17H2,1H3,(H,25,29). The number of hydrogen-bond donors (Lipinski definition) is 1. The SMILES string of the molecule is CCCCN1CCC(NC(=O)c2cn(Cc3ccccc3)nc2-c2cccs2)CC1. The zero-order valence-electron chi connectivity index (χ0n) is 17.6. The number of nitrogens with zero attached hydrogens (tertiary/aromatic N) is 3. The number of carbonyl (C=O) groups is 1. The first kappa shape index (κ1) is 20.8. The van der Waals surface area contributed by atoms with Gasteiger partial charge < -0.3 is 10.2 Å². The molecule has 0 spiro atoms. The predicted octanol–water partition coefficient (Wildman–Crippen LogP) is 4.65. The summed E-state index contributed by atoms with van der Waals surface area (Å²) in [6.45, 7) is 6.19. The number of carbonyl (C=O) groups excluding carboxylic acids is 1. The van der Waals surface area contributed by atoms with Gasteiger partial charge in [-0.15, -0.1) is 11.3 Å². The summed E-state index contributed by atoms with van der Waals surface area (Å²) in [7, 11) is 0. The molecule has 1 fully saturated rings. The molecule has 1 saturated heterocycles. The van der Waals surface area contributed by atoms with E-state index in [1.165, 1.54) is 24.9 Å². The van der Waals surface area contributed by atoms with Crippen LogP contribution in [0, 0.1) is 0 Å². The van der Waals surface area contributed by atoms with Crippen molar-refractivity contribution in [1.29, 1.82) is 0 Å². The minimum absolute atomic E-state index is 0.00952. The van der Waals surface area contributed by atoms with E-state index in [2.05, 4.69) is 29.3 Å². The van der Waals surface area contributed by atoms with Gasteiger partial charge in [-0.3, -0.25) is 9.48 Å². The van der Waals surface area contributed by atoms with Gasteiger partial charge in [0.2, 0.25) is 0 Å². The van der Waals surface area contributed by atoms with Crippen LogP contribution in [0.1, 0.15) is 48.5 Å². The van der Waals surface area contributed by atoms with E-state index >= 15 is 0 Å². The molecule has 0 saturated carbocycles. The van der Waals surface area contributed by atoms with Crippen molar-refractivity contribution in [2.75, 3.05) is 19.6 Å². The Bertz CT molecular complexity index is 928. The molecule has 30 heavy (non-hydrogen) atoms. The number of likely N-dealkylation sites (tertiary alicyclic amines) is 1. The lowest BCUT2D eigenvalue weighted by atomic mass is 10.0. The fourth-order valence-corrected chi connectivity index (χ4v) is 4.70. The van der Waals surface area contributed by atoms with Crippen LogP contribution in [0.15, 0.2) is 54.0 Å². The highest BCUT2D eigenvalue weighted by atomic mass is 32.1. The second-order valence-corrected chi connectivity index (χ2v) is 8.94. The van der Waals surface area contributed by atoms with Gasteiger partial charge in [0.1, 0.15) is 5.69 Å². The van der Waals surface area contributed by atoms with Crippen molar-refractivity contribution >= 4 is 17.2 Å². The molecule has 1 amide bonds. The molecule has 1 aliphatic rings. The summed E-state index contributed by atoms with van der Waals surface area (Å²) in [5, 5.41) is 10.1. The first-order valence-corrected chi connectivity index (χ1v) is 11.8. The average molecular weight is 423 g/mol. The molecular formula is C24H30N4OS. The number of rotatable bonds is 8. The molecule has 0 radical (unpaired) electrons. The van der Waals surface area contributed by atoms with Crippen LogP contribution in [0.4, 0.5) is 0 Å². The maximum Gasteiger partial charge on any atom is 0.255 e. The van der Waals surface area contributed by atoms with Crippen LogP contribution in [-0.2, 0) is 6.54 Å². The monoisotopic (exact) mass is 422 g/mol. The van der Waals surface area contributed by atoms with Crippen molar-refractivity contribution in [2.24, 2.45) is 0 Å². The largest absolute Gasteiger partial charge is 0.349 e. The fourth-order valence-electron chi connectivity index (χ4n) is 3.98. The number of unbranched alkanes of at least 4 members (excludes halogenated alkanes) is 1. The second-order valence-electron chi connectivity index (χ2n) is 7.99. The molecule has 1 aromatic carbocycles. The van der Waals surface area contributed by atoms with E-state index in [0.717, 1.165) is 36.5 Å². The summed E-state index contributed by atoms with van der Waals surface area (Å²) in [4.78, 5) is 16.7. The number of thiophene rings is 1. The van der Waals surface area contributed by atoms with Gasteiger partial charge in [-0.25, -0.2) is 0 Å². The minimum Gasteiger partial charge on any atom is -0.349 e. The molecule has 3 heterocycles. The van der Waals surface area contributed by atoms with E-state index in [-0.39, 0.29) is 11.9 Å². The third-order valence-electron chi connectivity index (χ3n) is 5.70. The Morgan fingerprint density at radius 1 is 1.17 bits per heavy atom. The third-order valence-corrected chi connectivity index (χ3v) is 6.58. The summed E-state index contributed by atoms with van der Waals surface area (Å²) in [6.07, 6.45) is 6.41. The molecule has 2 aromatic heterocycles. The zero-order valence-corrected chi connectivity index (χ0v) is 18.4. The van der Waals surface area contributed by atoms with Crippen LogP contribution in [0.2, 0.25) is 0 Å². The van der Waals surface area contributed by atoms with Crippen molar-refractivity contribution < 1.29 is 4.79 Å². The lowest BCUT2D eigenvalue weighted by Gasteiger charge is -2.32. The Labute approximate surface area is 182 Å². The maximum absolute atomic E-state index is 13.2. The van der Waals surface area contributed by atoms with Crippen LogP contribution in [0.5, 0.6) is 0 Å². The van der Waals surface area contributed by atoms with Gasteiger partial charge in [-0.1, -0.05) is 49.7 Å². The summed E-state index contributed by atoms with van der Waals surface area (Å²) in [5.74, 6) is -0.00952. The van der Waals surface area contributed by atoms with E-state index < -0.39 is 0 Å². The fraction of sp³-hybridized carbons (Fsp3) is 0.417. The lowest BCUT2D eigenvalue weighted by molar-refractivity contribution is 0.0911. The molecule has 0 aliphatic carbocycles. The number of piperidine rings is 1. The van der Waals surface area contributed by atoms with Crippen LogP contribution < -0.4 is 5.32 Å². The number of hydrogen-bond acceptors (Lipinski definition) is 4. The van der Waals surface area contributed by atoms with Crippen molar-refractivity contribution in [3.05, 3.63) is 65.2 Å². The Balaban J connectivity index is 1.46. The predicted molar refractivity (Wildman–Crippen MR) is 123 cm³/mol. The topological polar surface area (TPSA) is 50.2 Å². The summed E-state index contributed by atoms with van der Waals surface area (Å²) in [5.41, 5.74) is 2.62. The first-order valence-electron chi connectivity index (χ1n) is 10.9. The maximum atomic E-state index is 13.2. The molecule has 0 bridgehead atoms. The normalized spacial score (nSPS) is 15.4. The molecular weight excluding hydrogens is 392 g/mol. The van der Waals surface area contributed by atoms with Gasteiger partial charge in [-0.2, -0.15) is 5.10 Å². The first-order chi connectivity index (χ1) is 14.7. The Hall–Kier alpha value is -2.44. The molecule has 1 aliphatic heterocycles. The molecule has 5 nitrogen and oxygen atoms in total. The van der Waals surface area contributed by atoms with Crippen molar-refractivity contribution in [3.63, 3.8) is 0 Å². The number of nitrogens with one attached hydrogen (secondary N) is 1. The van der Waals surface area contributed by atoms with Gasteiger partial charge in [0.15, 0.2) is 0 Å². The minimum atomic E-state index is -0.00952. The van der Waals surface area contributed by atoms with E-state index in [9.17, 15) is 4.79 Å². The van der Waals surface area contributed by atoms with Gasteiger partial charge >= 0.3 is 0 Å². The van der Waals surface area contributed by atoms with E-state index in [1.54, 1.807) is 11.3 Å². The molecule has 4 rings (SSSR count). The van der Waals surface area contributed by atoms with Crippen LogP contribution >= 0.6 is 11.3 Å². The summed E-state index contributed by atoms with van der Waals surface area (Å²) >= 11 is 1.62. The van der Waals surface area contributed by atoms with Crippen LogP contribution in [-0.4, -0.2) is 46.3 Å². The highest BCUT2D eigenvalue weighted by Crippen LogP contribution is 2.27. The van der Waals surface area contributed by atoms with E-state index in [1.807, 2.05) is 46.6 Å². The Morgan fingerprint density at radius 3 is 2.67 bits per heavy atom. The van der Waals surface area contributed by atoms with Gasteiger partial charge in [-0.05, 0) is 42.8 Å². The smallest absolute Gasteiger partial charge is 0.255 e. The summed E-state index contributed by atoms with van der Waals surface area (Å²) in [6, 6.07) is 14.5. The zero-order chi connectivity index (χ0) is 20.8. The Morgan fingerprint density at radius 2 is 1.97 bits per heavy atom. The van der Waals surface area contributed by atoms with Gasteiger partial charge in [0, 0.05) is 25.3 Å². The van der Waals surface area contributed by atoms with Crippen molar-refractivity contribution in [2.45, 2.75) is 45.2 Å².